The summed E-state index contributed by atoms with van der Waals surface area (Å²) in [5.41, 5.74) is 5.60. The lowest BCUT2D eigenvalue weighted by molar-refractivity contribution is -0.210. The summed E-state index contributed by atoms with van der Waals surface area (Å²) >= 11 is 0. The molecule has 0 saturated heterocycles. The van der Waals surface area contributed by atoms with Gasteiger partial charge in [-0.2, -0.15) is 0 Å². The molecule has 0 radical (unpaired) electrons. The van der Waals surface area contributed by atoms with E-state index in [2.05, 4.69) is 0 Å². The van der Waals surface area contributed by atoms with E-state index in [0.717, 1.165) is 11.1 Å². The van der Waals surface area contributed by atoms with Crippen molar-refractivity contribution >= 4 is 12.1 Å². The SMILES string of the molecule is CC(C)[C@](Cc1ccccc1)(C(=O)OCc1ccccc1)[C@@H](O)C(N)(OC(=O)NN)C(C)(C)C. The Morgan fingerprint density at radius 3 is 1.91 bits per heavy atom. The number of nitrogens with one attached hydrogen (secondary N) is 1. The number of hydrazine groups is 1. The minimum absolute atomic E-state index is 0.0207. The minimum Gasteiger partial charge on any atom is -0.460 e. The summed E-state index contributed by atoms with van der Waals surface area (Å²) in [6, 6.07) is 18.5. The van der Waals surface area contributed by atoms with Gasteiger partial charge in [0.15, 0.2) is 5.72 Å². The average Bonchev–Trinajstić information content (AvgIpc) is 2.80. The molecule has 0 spiro atoms. The molecule has 34 heavy (non-hydrogen) atoms. The van der Waals surface area contributed by atoms with Crippen LogP contribution in [0, 0.1) is 16.7 Å². The lowest BCUT2D eigenvalue weighted by atomic mass is 9.62. The molecule has 0 saturated carbocycles. The predicted molar refractivity (Wildman–Crippen MR) is 130 cm³/mol. The fraction of sp³-hybridized carbons (Fsp3) is 0.462. The number of carbonyl (C=O) groups is 2. The van der Waals surface area contributed by atoms with Crippen molar-refractivity contribution in [1.29, 1.82) is 0 Å². The monoisotopic (exact) mass is 471 g/mol. The highest BCUT2D eigenvalue weighted by Crippen LogP contribution is 2.46. The van der Waals surface area contributed by atoms with Gasteiger partial charge in [-0.1, -0.05) is 95.3 Å². The molecule has 8 nitrogen and oxygen atoms in total. The molecule has 2 rings (SSSR count). The molecule has 0 fully saturated rings. The third-order valence-electron chi connectivity index (χ3n) is 6.41. The van der Waals surface area contributed by atoms with Crippen LogP contribution in [0.1, 0.15) is 45.7 Å². The van der Waals surface area contributed by atoms with Crippen LogP contribution in [0.5, 0.6) is 0 Å². The van der Waals surface area contributed by atoms with Crippen molar-refractivity contribution in [3.8, 4) is 0 Å². The Bertz CT molecular complexity index is 946. The topological polar surface area (TPSA) is 137 Å². The number of hydrogen-bond acceptors (Lipinski definition) is 7. The molecule has 0 aliphatic heterocycles. The largest absolute Gasteiger partial charge is 0.460 e. The summed E-state index contributed by atoms with van der Waals surface area (Å²) in [6.45, 7) is 8.77. The van der Waals surface area contributed by atoms with Gasteiger partial charge in [-0.15, -0.1) is 0 Å². The first-order chi connectivity index (χ1) is 15.9. The van der Waals surface area contributed by atoms with E-state index in [4.69, 9.17) is 21.1 Å². The molecule has 2 aromatic carbocycles. The standard InChI is InChI=1S/C26H37N3O5/c1-18(2)25(16-19-12-8-6-9-13-19,22(31)33-17-20-14-10-7-11-15-20)21(30)26(27,24(3,4)5)34-23(32)29-28/h6-15,18,21,30H,16-17,27-28H2,1-5H3,(H,29,32)/t21-,25+,26?/m1/s1. The van der Waals surface area contributed by atoms with E-state index in [1.54, 1.807) is 20.8 Å². The van der Waals surface area contributed by atoms with E-state index in [-0.39, 0.29) is 13.0 Å². The first-order valence-electron chi connectivity index (χ1n) is 11.3. The number of benzene rings is 2. The summed E-state index contributed by atoms with van der Waals surface area (Å²) in [5.74, 6) is 4.15. The van der Waals surface area contributed by atoms with Gasteiger partial charge in [0.2, 0.25) is 0 Å². The van der Waals surface area contributed by atoms with Gasteiger partial charge in [0.25, 0.3) is 0 Å². The summed E-state index contributed by atoms with van der Waals surface area (Å²) in [7, 11) is 0. The molecular weight excluding hydrogens is 434 g/mol. The van der Waals surface area contributed by atoms with Crippen LogP contribution in [0.3, 0.4) is 0 Å². The molecule has 1 unspecified atom stereocenters. The maximum absolute atomic E-state index is 13.8. The number of hydrogen-bond donors (Lipinski definition) is 4. The fourth-order valence-electron chi connectivity index (χ4n) is 4.01. The van der Waals surface area contributed by atoms with Gasteiger partial charge in [-0.3, -0.25) is 16.0 Å². The zero-order valence-electron chi connectivity index (χ0n) is 20.6. The first-order valence-corrected chi connectivity index (χ1v) is 11.3. The van der Waals surface area contributed by atoms with Crippen molar-refractivity contribution in [2.75, 3.05) is 0 Å². The summed E-state index contributed by atoms with van der Waals surface area (Å²) in [6.07, 6.45) is -2.55. The number of ether oxygens (including phenoxy) is 2. The van der Waals surface area contributed by atoms with Gasteiger partial charge in [-0.25, -0.2) is 10.6 Å². The summed E-state index contributed by atoms with van der Waals surface area (Å²) in [4.78, 5) is 26.0. The molecule has 6 N–H and O–H groups in total. The quantitative estimate of drug-likeness (QED) is 0.145. The van der Waals surface area contributed by atoms with Crippen molar-refractivity contribution in [3.05, 3.63) is 71.8 Å². The highest BCUT2D eigenvalue weighted by molar-refractivity contribution is 5.79. The molecule has 1 amide bonds. The second-order valence-electron chi connectivity index (χ2n) is 9.90. The van der Waals surface area contributed by atoms with E-state index in [9.17, 15) is 14.7 Å². The van der Waals surface area contributed by atoms with Crippen molar-refractivity contribution in [1.82, 2.24) is 5.43 Å². The lowest BCUT2D eigenvalue weighted by Crippen LogP contribution is -2.70. The third-order valence-corrected chi connectivity index (χ3v) is 6.41. The molecule has 0 aliphatic rings. The Morgan fingerprint density at radius 2 is 1.47 bits per heavy atom. The fourth-order valence-corrected chi connectivity index (χ4v) is 4.01. The van der Waals surface area contributed by atoms with Crippen LogP contribution in [-0.4, -0.2) is 29.0 Å². The average molecular weight is 472 g/mol. The van der Waals surface area contributed by atoms with Crippen LogP contribution in [0.4, 0.5) is 4.79 Å². The Morgan fingerprint density at radius 1 is 0.971 bits per heavy atom. The zero-order valence-corrected chi connectivity index (χ0v) is 20.6. The number of amides is 1. The highest BCUT2D eigenvalue weighted by Gasteiger charge is 2.61. The van der Waals surface area contributed by atoms with Crippen LogP contribution < -0.4 is 17.0 Å². The van der Waals surface area contributed by atoms with Crippen molar-refractivity contribution in [3.63, 3.8) is 0 Å². The van der Waals surface area contributed by atoms with E-state index in [0.29, 0.717) is 0 Å². The van der Waals surface area contributed by atoms with Crippen LogP contribution >= 0.6 is 0 Å². The van der Waals surface area contributed by atoms with Crippen LogP contribution in [0.15, 0.2) is 60.7 Å². The van der Waals surface area contributed by atoms with Crippen LogP contribution in [0.25, 0.3) is 0 Å². The minimum atomic E-state index is -1.98. The predicted octanol–water partition coefficient (Wildman–Crippen LogP) is 3.28. The van der Waals surface area contributed by atoms with E-state index >= 15 is 0 Å². The molecule has 2 aromatic rings. The normalized spacial score (nSPS) is 16.1. The van der Waals surface area contributed by atoms with Gasteiger partial charge < -0.3 is 14.6 Å². The molecule has 0 aromatic heterocycles. The maximum atomic E-state index is 13.8. The Balaban J connectivity index is 2.60. The van der Waals surface area contributed by atoms with E-state index in [1.807, 2.05) is 79.9 Å². The molecule has 0 aliphatic carbocycles. The number of aliphatic hydroxyl groups excluding tert-OH is 1. The maximum Gasteiger partial charge on any atom is 0.423 e. The number of nitrogens with two attached hydrogens (primary N) is 2. The van der Waals surface area contributed by atoms with Gasteiger partial charge in [0.05, 0.1) is 0 Å². The highest BCUT2D eigenvalue weighted by atomic mass is 16.6. The molecule has 8 heteroatoms. The third kappa shape index (κ3) is 5.75. The molecule has 0 heterocycles. The molecular formula is C26H37N3O5. The zero-order chi connectivity index (χ0) is 25.6. The number of rotatable bonds is 9. The van der Waals surface area contributed by atoms with Crippen molar-refractivity contribution in [2.45, 2.75) is 59.5 Å². The lowest BCUT2D eigenvalue weighted by Gasteiger charge is -2.51. The van der Waals surface area contributed by atoms with Gasteiger partial charge in [0.1, 0.15) is 18.1 Å². The number of carbonyl (C=O) groups excluding carboxylic acids is 2. The molecule has 186 valence electrons. The second kappa shape index (κ2) is 11.0. The number of esters is 1. The smallest absolute Gasteiger partial charge is 0.423 e. The van der Waals surface area contributed by atoms with Crippen LogP contribution in [-0.2, 0) is 27.3 Å². The van der Waals surface area contributed by atoms with Gasteiger partial charge >= 0.3 is 12.1 Å². The van der Waals surface area contributed by atoms with Crippen molar-refractivity contribution < 1.29 is 24.2 Å². The van der Waals surface area contributed by atoms with Crippen LogP contribution in [0.2, 0.25) is 0 Å². The van der Waals surface area contributed by atoms with Gasteiger partial charge in [-0.05, 0) is 23.5 Å². The summed E-state index contributed by atoms with van der Waals surface area (Å²) < 4.78 is 11.2. The van der Waals surface area contributed by atoms with E-state index in [1.165, 1.54) is 0 Å². The Labute approximate surface area is 201 Å². The first kappa shape index (κ1) is 27.3. The number of aliphatic hydroxyl groups is 1. The molecule has 0 bridgehead atoms. The Kier molecular flexibility index (Phi) is 8.83. The Hall–Kier alpha value is -2.94. The van der Waals surface area contributed by atoms with Gasteiger partial charge in [0, 0.05) is 5.41 Å². The van der Waals surface area contributed by atoms with Crippen molar-refractivity contribution in [2.24, 2.45) is 28.3 Å². The van der Waals surface area contributed by atoms with E-state index < -0.39 is 40.6 Å². The molecule has 3 atom stereocenters. The summed E-state index contributed by atoms with van der Waals surface area (Å²) in [5, 5.41) is 11.9. The second-order valence-corrected chi connectivity index (χ2v) is 9.90.